The van der Waals surface area contributed by atoms with Crippen molar-refractivity contribution in [3.63, 3.8) is 0 Å². The Hall–Kier alpha value is -2.86. The predicted octanol–water partition coefficient (Wildman–Crippen LogP) is 5.04. The lowest BCUT2D eigenvalue weighted by Crippen LogP contribution is -2.37. The molecule has 2 N–H and O–H groups in total. The maximum atomic E-state index is 10.9. The van der Waals surface area contributed by atoms with Gasteiger partial charge in [-0.25, -0.2) is 4.79 Å². The van der Waals surface area contributed by atoms with Crippen LogP contribution in [0.2, 0.25) is 5.02 Å². The Kier molecular flexibility index (Phi) is 7.10. The number of hydrogen-bond acceptors (Lipinski definition) is 5. The van der Waals surface area contributed by atoms with Crippen molar-refractivity contribution in [2.24, 2.45) is 0 Å². The van der Waals surface area contributed by atoms with Gasteiger partial charge in [-0.05, 0) is 71.3 Å². The van der Waals surface area contributed by atoms with Crippen molar-refractivity contribution in [3.8, 4) is 16.9 Å². The lowest BCUT2D eigenvalue weighted by molar-refractivity contribution is -0.210. The van der Waals surface area contributed by atoms with E-state index < -0.39 is 12.1 Å². The topological polar surface area (TPSA) is 67.8 Å². The molecule has 0 amide bonds. The van der Waals surface area contributed by atoms with Gasteiger partial charge in [0.2, 0.25) is 0 Å². The van der Waals surface area contributed by atoms with Crippen LogP contribution >= 0.6 is 11.6 Å². The van der Waals surface area contributed by atoms with Crippen molar-refractivity contribution in [2.45, 2.75) is 38.3 Å². The highest BCUT2D eigenvalue weighted by atomic mass is 35.5. The monoisotopic (exact) mass is 451 g/mol. The maximum Gasteiger partial charge on any atom is 0.352 e. The summed E-state index contributed by atoms with van der Waals surface area (Å²) in [5.74, 6) is -0.0172. The van der Waals surface area contributed by atoms with Gasteiger partial charge in [-0.2, -0.15) is 0 Å². The second kappa shape index (κ2) is 10.2. The van der Waals surface area contributed by atoms with Gasteiger partial charge >= 0.3 is 5.97 Å². The molecule has 5 nitrogen and oxygen atoms in total. The van der Waals surface area contributed by atoms with Gasteiger partial charge in [-0.3, -0.25) is 9.78 Å². The molecule has 0 radical (unpaired) electrons. The number of rotatable bonds is 7. The van der Waals surface area contributed by atoms with Gasteiger partial charge < -0.3 is 10.4 Å². The molecule has 1 aliphatic carbocycles. The molecule has 0 saturated carbocycles. The Bertz CT molecular complexity index is 1080. The van der Waals surface area contributed by atoms with Crippen LogP contribution < -0.4 is 10.2 Å². The third-order valence-corrected chi connectivity index (χ3v) is 5.95. The number of carbonyl (C=O) groups is 1. The molecule has 0 heterocycles. The van der Waals surface area contributed by atoms with Gasteiger partial charge in [-0.15, -0.1) is 0 Å². The van der Waals surface area contributed by atoms with Crippen molar-refractivity contribution in [1.82, 2.24) is 5.32 Å². The number of halogens is 1. The number of fused-ring (bicyclic) bond motifs is 1. The minimum Gasteiger partial charge on any atom is -0.387 e. The smallest absolute Gasteiger partial charge is 0.352 e. The molecule has 0 unspecified atom stereocenters. The zero-order valence-corrected chi connectivity index (χ0v) is 18.6. The zero-order valence-electron chi connectivity index (χ0n) is 17.9. The van der Waals surface area contributed by atoms with Crippen molar-refractivity contribution < 1.29 is 19.7 Å². The lowest BCUT2D eigenvalue weighted by Gasteiger charge is -2.27. The van der Waals surface area contributed by atoms with Gasteiger partial charge in [0, 0.05) is 24.5 Å². The Morgan fingerprint density at radius 3 is 2.62 bits per heavy atom. The largest absolute Gasteiger partial charge is 0.387 e. The number of hydrogen-bond donors (Lipinski definition) is 2. The highest BCUT2D eigenvalue weighted by Crippen LogP contribution is 2.29. The summed E-state index contributed by atoms with van der Waals surface area (Å²) in [6.45, 7) is 1.78. The van der Waals surface area contributed by atoms with Crippen LogP contribution in [0.25, 0.3) is 11.1 Å². The molecule has 0 aliphatic heterocycles. The summed E-state index contributed by atoms with van der Waals surface area (Å²) >= 11 is 6.04. The average Bonchev–Trinajstić information content (AvgIpc) is 2.81. The van der Waals surface area contributed by atoms with Crippen molar-refractivity contribution in [3.05, 3.63) is 88.4 Å². The number of aliphatic hydroxyl groups is 1. The summed E-state index contributed by atoms with van der Waals surface area (Å²) in [4.78, 5) is 20.4. The Morgan fingerprint density at radius 2 is 1.88 bits per heavy atom. The minimum atomic E-state index is -0.589. The lowest BCUT2D eigenvalue weighted by atomic mass is 9.86. The summed E-state index contributed by atoms with van der Waals surface area (Å²) in [6, 6.07) is 21.7. The maximum absolute atomic E-state index is 10.9. The molecule has 0 aromatic heterocycles. The molecule has 1 aliphatic rings. The molecule has 0 saturated heterocycles. The number of aliphatic hydroxyl groups excluding tert-OH is 1. The van der Waals surface area contributed by atoms with Gasteiger partial charge in [0.25, 0.3) is 0 Å². The Morgan fingerprint density at radius 1 is 1.09 bits per heavy atom. The molecular formula is C26H26ClNO4. The SMILES string of the molecule is CC(=O)OOc1ccc(-c2ccc3c(c2)C[C@@H](NC[C@H](O)c2cccc(Cl)c2)CC3)cc1. The molecule has 166 valence electrons. The van der Waals surface area contributed by atoms with E-state index in [9.17, 15) is 9.90 Å². The molecule has 0 bridgehead atoms. The second-order valence-corrected chi connectivity index (χ2v) is 8.52. The fourth-order valence-corrected chi connectivity index (χ4v) is 4.23. The summed E-state index contributed by atoms with van der Waals surface area (Å²) in [7, 11) is 0. The van der Waals surface area contributed by atoms with Gasteiger partial charge in [-0.1, -0.05) is 54.1 Å². The highest BCUT2D eigenvalue weighted by molar-refractivity contribution is 6.30. The quantitative estimate of drug-likeness (QED) is 0.389. The first-order chi connectivity index (χ1) is 15.5. The predicted molar refractivity (Wildman–Crippen MR) is 124 cm³/mol. The van der Waals surface area contributed by atoms with Crippen LogP contribution in [0.1, 0.15) is 36.1 Å². The van der Waals surface area contributed by atoms with E-state index in [4.69, 9.17) is 16.5 Å². The van der Waals surface area contributed by atoms with E-state index in [0.29, 0.717) is 23.4 Å². The molecule has 6 heteroatoms. The summed E-state index contributed by atoms with van der Waals surface area (Å²) < 4.78 is 0. The number of nitrogens with one attached hydrogen (secondary N) is 1. The van der Waals surface area contributed by atoms with E-state index in [2.05, 4.69) is 28.4 Å². The number of benzene rings is 3. The van der Waals surface area contributed by atoms with Crippen LogP contribution in [0.5, 0.6) is 5.75 Å². The van der Waals surface area contributed by atoms with Crippen LogP contribution in [0, 0.1) is 0 Å². The average molecular weight is 452 g/mol. The third kappa shape index (κ3) is 5.68. The van der Waals surface area contributed by atoms with Gasteiger partial charge in [0.1, 0.15) is 0 Å². The molecule has 32 heavy (non-hydrogen) atoms. The summed E-state index contributed by atoms with van der Waals surface area (Å²) in [5, 5.41) is 14.6. The second-order valence-electron chi connectivity index (χ2n) is 8.08. The molecule has 3 aromatic carbocycles. The van der Waals surface area contributed by atoms with Crippen molar-refractivity contribution >= 4 is 17.6 Å². The van der Waals surface area contributed by atoms with Crippen LogP contribution in [0.15, 0.2) is 66.7 Å². The molecule has 0 spiro atoms. The molecule has 4 rings (SSSR count). The molecule has 3 aromatic rings. The summed E-state index contributed by atoms with van der Waals surface area (Å²) in [5.41, 5.74) is 5.71. The van der Waals surface area contributed by atoms with Crippen molar-refractivity contribution in [2.75, 3.05) is 6.54 Å². The van der Waals surface area contributed by atoms with Gasteiger partial charge in [0.05, 0.1) is 6.10 Å². The van der Waals surface area contributed by atoms with E-state index in [1.165, 1.54) is 18.1 Å². The van der Waals surface area contributed by atoms with Crippen LogP contribution in [-0.4, -0.2) is 23.7 Å². The standard InChI is InChI=1S/C26H26ClNO4/c1-17(29)31-32-25-11-8-18(9-12-25)20-6-5-19-7-10-24(15-22(19)13-20)28-16-26(30)21-3-2-4-23(27)14-21/h2-6,8-9,11-14,24,26,28,30H,7,10,15-16H2,1H3/t24-,26-/m0/s1. The van der Waals surface area contributed by atoms with E-state index in [0.717, 1.165) is 36.0 Å². The minimum absolute atomic E-state index is 0.311. The first kappa shape index (κ1) is 22.3. The van der Waals surface area contributed by atoms with Crippen molar-refractivity contribution in [1.29, 1.82) is 0 Å². The molecular weight excluding hydrogens is 426 g/mol. The molecule has 0 fully saturated rings. The van der Waals surface area contributed by atoms with Crippen LogP contribution in [-0.2, 0) is 22.5 Å². The normalized spacial score (nSPS) is 16.2. The Labute approximate surface area is 192 Å². The van der Waals surface area contributed by atoms with E-state index in [-0.39, 0.29) is 0 Å². The summed E-state index contributed by atoms with van der Waals surface area (Å²) in [6.07, 6.45) is 2.38. The molecule has 2 atom stereocenters. The van der Waals surface area contributed by atoms with Crippen LogP contribution in [0.3, 0.4) is 0 Å². The fourth-order valence-electron chi connectivity index (χ4n) is 4.03. The van der Waals surface area contributed by atoms with Crippen LogP contribution in [0.4, 0.5) is 0 Å². The Balaban J connectivity index is 1.39. The number of carbonyl (C=O) groups excluding carboxylic acids is 1. The third-order valence-electron chi connectivity index (χ3n) is 5.71. The first-order valence-electron chi connectivity index (χ1n) is 10.7. The van der Waals surface area contributed by atoms with E-state index in [1.807, 2.05) is 24.3 Å². The first-order valence-corrected chi connectivity index (χ1v) is 11.1. The highest BCUT2D eigenvalue weighted by Gasteiger charge is 2.20. The van der Waals surface area contributed by atoms with E-state index in [1.54, 1.807) is 24.3 Å². The van der Waals surface area contributed by atoms with Gasteiger partial charge in [0.15, 0.2) is 5.75 Å². The van der Waals surface area contributed by atoms with E-state index >= 15 is 0 Å². The zero-order chi connectivity index (χ0) is 22.5. The fraction of sp³-hybridized carbons (Fsp3) is 0.269. The number of aryl methyl sites for hydroxylation is 1.